The molecule has 0 aromatic carbocycles. The summed E-state index contributed by atoms with van der Waals surface area (Å²) in [5.74, 6) is 6.11. The molecular weight excluding hydrogens is 560 g/mol. The van der Waals surface area contributed by atoms with Gasteiger partial charge in [-0.25, -0.2) is 0 Å². The van der Waals surface area contributed by atoms with Crippen LogP contribution in [0, 0.1) is 52.3 Å². The molecule has 3 fully saturated rings. The molecule has 0 radical (unpaired) electrons. The molecule has 0 aromatic heterocycles. The van der Waals surface area contributed by atoms with Gasteiger partial charge in [0.25, 0.3) is 0 Å². The lowest BCUT2D eigenvalue weighted by atomic mass is 9.47. The van der Waals surface area contributed by atoms with Crippen molar-refractivity contribution in [1.29, 1.82) is 0 Å². The zero-order chi connectivity index (χ0) is 33.2. The maximum Gasteiger partial charge on any atom is 0.306 e. The molecule has 0 aliphatic heterocycles. The maximum absolute atomic E-state index is 12.8. The second kappa shape index (κ2) is 18.3. The lowest BCUT2D eigenvalue weighted by Crippen LogP contribution is -2.51. The Bertz CT molecular complexity index is 934. The van der Waals surface area contributed by atoms with Crippen LogP contribution in [0.4, 0.5) is 0 Å². The van der Waals surface area contributed by atoms with Crippen molar-refractivity contribution in [1.82, 2.24) is 0 Å². The highest BCUT2D eigenvalue weighted by Gasteiger charge is 2.59. The molecule has 0 heterocycles. The van der Waals surface area contributed by atoms with Crippen LogP contribution in [0.25, 0.3) is 0 Å². The minimum atomic E-state index is 0.0632. The van der Waals surface area contributed by atoms with Crippen molar-refractivity contribution in [3.8, 4) is 0 Å². The molecule has 2 heteroatoms. The normalized spacial score (nSPS) is 33.6. The van der Waals surface area contributed by atoms with Crippen LogP contribution in [0.15, 0.2) is 11.6 Å². The Labute approximate surface area is 287 Å². The predicted octanol–water partition coefficient (Wildman–Crippen LogP) is 13.7. The number of hydrogen-bond donors (Lipinski definition) is 0. The smallest absolute Gasteiger partial charge is 0.306 e. The third kappa shape index (κ3) is 9.67. The standard InChI is InChI=1S/C44H78O2/c1-8-9-10-11-12-13-14-15-16-17-18-19-20-21-42(45)46-37-28-30-43(6)36(32-37)24-25-38-40-27-26-39(44(40,7)31-29-41(38)43)35(5)23-22-34(4)33(2)3/h24,33-35,37-41H,8-23,25-32H2,1-7H3/t34-,35+,37-,38-,39+,40-,41-,43-,44+/m0/s1. The van der Waals surface area contributed by atoms with E-state index in [2.05, 4.69) is 54.5 Å². The summed E-state index contributed by atoms with van der Waals surface area (Å²) in [5.41, 5.74) is 2.52. The van der Waals surface area contributed by atoms with Crippen molar-refractivity contribution < 1.29 is 9.53 Å². The average molecular weight is 639 g/mol. The number of ether oxygens (including phenoxy) is 1. The molecule has 266 valence electrons. The molecule has 4 rings (SSSR count). The molecule has 4 aliphatic carbocycles. The molecule has 4 aliphatic rings. The largest absolute Gasteiger partial charge is 0.462 e. The van der Waals surface area contributed by atoms with Crippen molar-refractivity contribution in [2.24, 2.45) is 52.3 Å². The van der Waals surface area contributed by atoms with Gasteiger partial charge in [0.05, 0.1) is 0 Å². The van der Waals surface area contributed by atoms with Gasteiger partial charge in [-0.05, 0) is 104 Å². The van der Waals surface area contributed by atoms with Gasteiger partial charge < -0.3 is 4.74 Å². The fourth-order valence-electron chi connectivity index (χ4n) is 11.3. The molecule has 0 spiro atoms. The average Bonchev–Trinajstić information content (AvgIpc) is 3.39. The van der Waals surface area contributed by atoms with E-state index in [0.717, 1.165) is 60.7 Å². The van der Waals surface area contributed by atoms with Crippen LogP contribution in [-0.2, 0) is 9.53 Å². The van der Waals surface area contributed by atoms with Gasteiger partial charge in [-0.1, -0.05) is 150 Å². The first kappa shape index (κ1) is 38.0. The fraction of sp³-hybridized carbons (Fsp3) is 0.932. The Balaban J connectivity index is 1.15. The van der Waals surface area contributed by atoms with Crippen molar-refractivity contribution in [3.63, 3.8) is 0 Å². The van der Waals surface area contributed by atoms with E-state index in [9.17, 15) is 4.79 Å². The van der Waals surface area contributed by atoms with E-state index in [-0.39, 0.29) is 12.1 Å². The van der Waals surface area contributed by atoms with Gasteiger partial charge in [0, 0.05) is 12.8 Å². The summed E-state index contributed by atoms with van der Waals surface area (Å²) in [6, 6.07) is 0. The molecule has 0 aromatic rings. The highest BCUT2D eigenvalue weighted by molar-refractivity contribution is 5.69. The summed E-state index contributed by atoms with van der Waals surface area (Å²) in [5, 5.41) is 0. The van der Waals surface area contributed by atoms with Crippen LogP contribution in [0.5, 0.6) is 0 Å². The summed E-state index contributed by atoms with van der Waals surface area (Å²) in [7, 11) is 0. The summed E-state index contributed by atoms with van der Waals surface area (Å²) >= 11 is 0. The summed E-state index contributed by atoms with van der Waals surface area (Å²) in [6.07, 6.45) is 34.0. The third-order valence-electron chi connectivity index (χ3n) is 14.8. The quantitative estimate of drug-likeness (QED) is 0.0753. The number of rotatable bonds is 20. The lowest BCUT2D eigenvalue weighted by molar-refractivity contribution is -0.151. The van der Waals surface area contributed by atoms with Gasteiger partial charge in [0.1, 0.15) is 6.10 Å². The van der Waals surface area contributed by atoms with E-state index in [0.29, 0.717) is 17.3 Å². The molecule has 0 N–H and O–H groups in total. The minimum absolute atomic E-state index is 0.0632. The van der Waals surface area contributed by atoms with E-state index in [1.165, 1.54) is 128 Å². The number of unbranched alkanes of at least 4 members (excludes halogenated alkanes) is 12. The highest BCUT2D eigenvalue weighted by Crippen LogP contribution is 2.67. The minimum Gasteiger partial charge on any atom is -0.462 e. The second-order valence-electron chi connectivity index (χ2n) is 18.1. The molecule has 9 atom stereocenters. The molecule has 46 heavy (non-hydrogen) atoms. The molecule has 0 amide bonds. The monoisotopic (exact) mass is 639 g/mol. The van der Waals surface area contributed by atoms with Crippen molar-refractivity contribution in [3.05, 3.63) is 11.6 Å². The Morgan fingerprint density at radius 2 is 1.41 bits per heavy atom. The first-order valence-corrected chi connectivity index (χ1v) is 21.0. The number of hydrogen-bond acceptors (Lipinski definition) is 2. The Hall–Kier alpha value is -0.790. The topological polar surface area (TPSA) is 26.3 Å². The maximum atomic E-state index is 12.8. The number of carbonyl (C=O) groups excluding carboxylic acids is 1. The number of fused-ring (bicyclic) bond motifs is 5. The van der Waals surface area contributed by atoms with E-state index < -0.39 is 0 Å². The number of esters is 1. The molecular formula is C44H78O2. The second-order valence-corrected chi connectivity index (χ2v) is 18.1. The van der Waals surface area contributed by atoms with Gasteiger partial charge in [-0.15, -0.1) is 0 Å². The van der Waals surface area contributed by atoms with Gasteiger partial charge in [-0.3, -0.25) is 4.79 Å². The zero-order valence-electron chi connectivity index (χ0n) is 32.0. The van der Waals surface area contributed by atoms with Gasteiger partial charge in [0.2, 0.25) is 0 Å². The van der Waals surface area contributed by atoms with E-state index >= 15 is 0 Å². The molecule has 0 unspecified atom stereocenters. The van der Waals surface area contributed by atoms with Crippen LogP contribution in [-0.4, -0.2) is 12.1 Å². The van der Waals surface area contributed by atoms with Crippen LogP contribution < -0.4 is 0 Å². The fourth-order valence-corrected chi connectivity index (χ4v) is 11.3. The first-order valence-electron chi connectivity index (χ1n) is 21.0. The zero-order valence-corrected chi connectivity index (χ0v) is 32.0. The number of allylic oxidation sites excluding steroid dienone is 1. The Morgan fingerprint density at radius 1 is 0.783 bits per heavy atom. The molecule has 2 nitrogen and oxygen atoms in total. The van der Waals surface area contributed by atoms with Gasteiger partial charge >= 0.3 is 5.97 Å². The van der Waals surface area contributed by atoms with Crippen LogP contribution in [0.3, 0.4) is 0 Å². The molecule has 0 saturated heterocycles. The van der Waals surface area contributed by atoms with E-state index in [1.54, 1.807) is 5.57 Å². The van der Waals surface area contributed by atoms with Crippen LogP contribution in [0.2, 0.25) is 0 Å². The summed E-state index contributed by atoms with van der Waals surface area (Å²) in [4.78, 5) is 12.8. The SMILES string of the molecule is CCCCCCCCCCCCCCCC(=O)O[C@H]1CC[C@@]2(C)C(=CC[C@H]3[C@@H]4CC[C@H]([C@H](C)CC[C@H](C)C(C)C)[C@@]4(C)CC[C@@H]32)C1. The van der Waals surface area contributed by atoms with Gasteiger partial charge in [0.15, 0.2) is 0 Å². The number of carbonyl (C=O) groups is 1. The predicted molar refractivity (Wildman–Crippen MR) is 198 cm³/mol. The summed E-state index contributed by atoms with van der Waals surface area (Å²) in [6.45, 7) is 17.5. The summed E-state index contributed by atoms with van der Waals surface area (Å²) < 4.78 is 6.13. The Morgan fingerprint density at radius 3 is 2.04 bits per heavy atom. The van der Waals surface area contributed by atoms with E-state index in [4.69, 9.17) is 4.74 Å². The first-order chi connectivity index (χ1) is 22.1. The van der Waals surface area contributed by atoms with Crippen LogP contribution >= 0.6 is 0 Å². The van der Waals surface area contributed by atoms with Gasteiger partial charge in [-0.2, -0.15) is 0 Å². The van der Waals surface area contributed by atoms with Crippen LogP contribution in [0.1, 0.15) is 203 Å². The third-order valence-corrected chi connectivity index (χ3v) is 14.8. The van der Waals surface area contributed by atoms with Crippen molar-refractivity contribution in [2.75, 3.05) is 0 Å². The Kier molecular flexibility index (Phi) is 15.1. The van der Waals surface area contributed by atoms with Crippen molar-refractivity contribution in [2.45, 2.75) is 209 Å². The highest BCUT2D eigenvalue weighted by atomic mass is 16.5. The lowest BCUT2D eigenvalue weighted by Gasteiger charge is -2.58. The van der Waals surface area contributed by atoms with Crippen molar-refractivity contribution >= 4 is 5.97 Å². The van der Waals surface area contributed by atoms with E-state index in [1.807, 2.05) is 0 Å². The molecule has 3 saturated carbocycles. The molecule has 0 bridgehead atoms.